The van der Waals surface area contributed by atoms with Gasteiger partial charge in [-0.2, -0.15) is 0 Å². The Hall–Kier alpha value is -0.820. The lowest BCUT2D eigenvalue weighted by Gasteiger charge is -2.27. The average molecular weight is 265 g/mol. The molecule has 0 bridgehead atoms. The first-order chi connectivity index (χ1) is 8.52. The second-order valence-electron chi connectivity index (χ2n) is 5.18. The van der Waals surface area contributed by atoms with Gasteiger partial charge in [0.05, 0.1) is 0 Å². The standard InChI is InChI=1S/C15H23NOS/c1-12(2)9-16(13(3)4)10-15-8-14(11-18-15)6-5-7-17/h8,11-13,17H,7,9-10H2,1-4H3. The molecule has 0 aromatic carbocycles. The first-order valence-electron chi connectivity index (χ1n) is 6.44. The van der Waals surface area contributed by atoms with E-state index in [1.807, 2.05) is 0 Å². The van der Waals surface area contributed by atoms with Gasteiger partial charge >= 0.3 is 0 Å². The molecule has 0 aliphatic rings. The predicted molar refractivity (Wildman–Crippen MR) is 78.7 cm³/mol. The summed E-state index contributed by atoms with van der Waals surface area (Å²) in [6.45, 7) is 11.0. The van der Waals surface area contributed by atoms with Gasteiger partial charge in [-0.1, -0.05) is 25.7 Å². The first kappa shape index (κ1) is 15.2. The third-order valence-electron chi connectivity index (χ3n) is 2.65. The normalized spacial score (nSPS) is 11.1. The van der Waals surface area contributed by atoms with Crippen molar-refractivity contribution in [2.24, 2.45) is 5.92 Å². The minimum atomic E-state index is -0.0728. The molecule has 0 fully saturated rings. The quantitative estimate of drug-likeness (QED) is 0.827. The largest absolute Gasteiger partial charge is 0.384 e. The van der Waals surface area contributed by atoms with Crippen LogP contribution >= 0.6 is 11.3 Å². The Labute approximate surface area is 115 Å². The van der Waals surface area contributed by atoms with Gasteiger partial charge in [-0.25, -0.2) is 0 Å². The van der Waals surface area contributed by atoms with Crippen molar-refractivity contribution in [2.45, 2.75) is 40.3 Å². The maximum Gasteiger partial charge on any atom is 0.104 e. The van der Waals surface area contributed by atoms with Crippen molar-refractivity contribution in [1.29, 1.82) is 0 Å². The van der Waals surface area contributed by atoms with Crippen molar-refractivity contribution < 1.29 is 5.11 Å². The van der Waals surface area contributed by atoms with E-state index in [2.05, 4.69) is 55.9 Å². The molecule has 0 spiro atoms. The van der Waals surface area contributed by atoms with Gasteiger partial charge in [-0.3, -0.25) is 4.90 Å². The number of aliphatic hydroxyl groups excluding tert-OH is 1. The number of aliphatic hydroxyl groups is 1. The lowest BCUT2D eigenvalue weighted by Crippen LogP contribution is -2.33. The van der Waals surface area contributed by atoms with Crippen LogP contribution < -0.4 is 0 Å². The molecule has 0 amide bonds. The topological polar surface area (TPSA) is 23.5 Å². The molecule has 2 nitrogen and oxygen atoms in total. The zero-order chi connectivity index (χ0) is 13.5. The Morgan fingerprint density at radius 3 is 2.61 bits per heavy atom. The minimum Gasteiger partial charge on any atom is -0.384 e. The van der Waals surface area contributed by atoms with E-state index in [4.69, 9.17) is 5.11 Å². The summed E-state index contributed by atoms with van der Waals surface area (Å²) in [6.07, 6.45) is 0. The Bertz CT molecular complexity index is 412. The van der Waals surface area contributed by atoms with Gasteiger partial charge in [0.2, 0.25) is 0 Å². The van der Waals surface area contributed by atoms with E-state index in [-0.39, 0.29) is 6.61 Å². The van der Waals surface area contributed by atoms with Gasteiger partial charge < -0.3 is 5.11 Å². The van der Waals surface area contributed by atoms with Crippen molar-refractivity contribution in [2.75, 3.05) is 13.2 Å². The van der Waals surface area contributed by atoms with Gasteiger partial charge in [-0.15, -0.1) is 11.3 Å². The summed E-state index contributed by atoms with van der Waals surface area (Å²) in [5.41, 5.74) is 1.01. The molecule has 18 heavy (non-hydrogen) atoms. The third kappa shape index (κ3) is 5.22. The van der Waals surface area contributed by atoms with Crippen LogP contribution in [0.5, 0.6) is 0 Å². The molecule has 100 valence electrons. The van der Waals surface area contributed by atoms with Crippen LogP contribution in [-0.2, 0) is 6.54 Å². The molecule has 1 rings (SSSR count). The van der Waals surface area contributed by atoms with E-state index in [0.29, 0.717) is 12.0 Å². The molecule has 1 aromatic rings. The number of hydrogen-bond donors (Lipinski definition) is 1. The van der Waals surface area contributed by atoms with Crippen molar-refractivity contribution in [1.82, 2.24) is 4.90 Å². The van der Waals surface area contributed by atoms with E-state index < -0.39 is 0 Å². The summed E-state index contributed by atoms with van der Waals surface area (Å²) < 4.78 is 0. The molecule has 1 heterocycles. The highest BCUT2D eigenvalue weighted by atomic mass is 32.1. The summed E-state index contributed by atoms with van der Waals surface area (Å²) in [7, 11) is 0. The molecule has 0 saturated heterocycles. The number of thiophene rings is 1. The van der Waals surface area contributed by atoms with Crippen molar-refractivity contribution in [3.05, 3.63) is 21.9 Å². The zero-order valence-electron chi connectivity index (χ0n) is 11.7. The molecular weight excluding hydrogens is 242 g/mol. The molecule has 0 radical (unpaired) electrons. The van der Waals surface area contributed by atoms with Gasteiger partial charge in [-0.05, 0) is 25.8 Å². The van der Waals surface area contributed by atoms with E-state index in [1.54, 1.807) is 11.3 Å². The van der Waals surface area contributed by atoms with Gasteiger partial charge in [0.1, 0.15) is 6.61 Å². The average Bonchev–Trinajstić information content (AvgIpc) is 2.72. The lowest BCUT2D eigenvalue weighted by atomic mass is 10.1. The Kier molecular flexibility index (Phi) is 6.42. The lowest BCUT2D eigenvalue weighted by molar-refractivity contribution is 0.191. The molecule has 0 atom stereocenters. The summed E-state index contributed by atoms with van der Waals surface area (Å²) in [4.78, 5) is 3.83. The second-order valence-corrected chi connectivity index (χ2v) is 6.17. The fourth-order valence-corrected chi connectivity index (χ4v) is 2.64. The highest BCUT2D eigenvalue weighted by Gasteiger charge is 2.12. The second kappa shape index (κ2) is 7.58. The molecule has 0 aliphatic heterocycles. The molecule has 1 N–H and O–H groups in total. The van der Waals surface area contributed by atoms with Crippen molar-refractivity contribution >= 4 is 11.3 Å². The molecule has 0 saturated carbocycles. The van der Waals surface area contributed by atoms with Crippen LogP contribution in [0.3, 0.4) is 0 Å². The van der Waals surface area contributed by atoms with Crippen molar-refractivity contribution in [3.63, 3.8) is 0 Å². The Morgan fingerprint density at radius 1 is 1.33 bits per heavy atom. The predicted octanol–water partition coefficient (Wildman–Crippen LogP) is 2.96. The van der Waals surface area contributed by atoms with Crippen molar-refractivity contribution in [3.8, 4) is 11.8 Å². The van der Waals surface area contributed by atoms with E-state index in [9.17, 15) is 0 Å². The summed E-state index contributed by atoms with van der Waals surface area (Å²) in [5.74, 6) is 6.32. The molecule has 1 aromatic heterocycles. The van der Waals surface area contributed by atoms with Crippen LogP contribution in [0.2, 0.25) is 0 Å². The number of rotatable bonds is 5. The SMILES string of the molecule is CC(C)CN(Cc1cc(C#CCO)cs1)C(C)C. The monoisotopic (exact) mass is 265 g/mol. The zero-order valence-corrected chi connectivity index (χ0v) is 12.5. The third-order valence-corrected chi connectivity index (χ3v) is 3.58. The van der Waals surface area contributed by atoms with Crippen LogP contribution in [0.15, 0.2) is 11.4 Å². The highest BCUT2D eigenvalue weighted by Crippen LogP contribution is 2.18. The minimum absolute atomic E-state index is 0.0728. The molecule has 3 heteroatoms. The van der Waals surface area contributed by atoms with Crippen LogP contribution in [0.1, 0.15) is 38.1 Å². The number of hydrogen-bond acceptors (Lipinski definition) is 3. The van der Waals surface area contributed by atoms with Crippen LogP contribution in [0.4, 0.5) is 0 Å². The Morgan fingerprint density at radius 2 is 2.06 bits per heavy atom. The maximum absolute atomic E-state index is 8.67. The van der Waals surface area contributed by atoms with Crippen LogP contribution in [0, 0.1) is 17.8 Å². The van der Waals surface area contributed by atoms with Gasteiger partial charge in [0.15, 0.2) is 0 Å². The fourth-order valence-electron chi connectivity index (χ4n) is 1.80. The smallest absolute Gasteiger partial charge is 0.104 e. The van der Waals surface area contributed by atoms with Gasteiger partial charge in [0.25, 0.3) is 0 Å². The number of nitrogens with zero attached hydrogens (tertiary/aromatic N) is 1. The maximum atomic E-state index is 8.67. The molecule has 0 unspecified atom stereocenters. The van der Waals surface area contributed by atoms with E-state index in [1.165, 1.54) is 4.88 Å². The van der Waals surface area contributed by atoms with Gasteiger partial charge in [0, 0.05) is 35.0 Å². The first-order valence-corrected chi connectivity index (χ1v) is 7.32. The van der Waals surface area contributed by atoms with E-state index in [0.717, 1.165) is 18.7 Å². The van der Waals surface area contributed by atoms with E-state index >= 15 is 0 Å². The summed E-state index contributed by atoms with van der Waals surface area (Å²) in [6, 6.07) is 2.68. The molecular formula is C15H23NOS. The van der Waals surface area contributed by atoms with Crippen LogP contribution in [-0.4, -0.2) is 29.2 Å². The highest BCUT2D eigenvalue weighted by molar-refractivity contribution is 7.10. The summed E-state index contributed by atoms with van der Waals surface area (Å²) >= 11 is 1.75. The van der Waals surface area contributed by atoms with Crippen LogP contribution in [0.25, 0.3) is 0 Å². The summed E-state index contributed by atoms with van der Waals surface area (Å²) in [5, 5.41) is 10.7. The Balaban J connectivity index is 2.66. The molecule has 0 aliphatic carbocycles. The fraction of sp³-hybridized carbons (Fsp3) is 0.600.